The van der Waals surface area contributed by atoms with Crippen molar-refractivity contribution < 1.29 is 19.7 Å². The van der Waals surface area contributed by atoms with Crippen molar-refractivity contribution >= 4 is 5.97 Å². The first-order valence-corrected chi connectivity index (χ1v) is 4.29. The molecule has 4 nitrogen and oxygen atoms in total. The van der Waals surface area contributed by atoms with Gasteiger partial charge in [-0.15, -0.1) is 0 Å². The Bertz CT molecular complexity index is 271. The number of ether oxygens (including phenoxy) is 1. The molecular formula is C10H12O4. The summed E-state index contributed by atoms with van der Waals surface area (Å²) < 4.78 is 4.90. The summed E-state index contributed by atoms with van der Waals surface area (Å²) in [5.74, 6) is -0.386. The Morgan fingerprint density at radius 1 is 1.29 bits per heavy atom. The molecule has 0 amide bonds. The number of carbonyl (C=O) groups excluding carboxylic acids is 1. The zero-order valence-electron chi connectivity index (χ0n) is 7.68. The largest absolute Gasteiger partial charge is 0.461 e. The van der Waals surface area contributed by atoms with Crippen LogP contribution in [-0.2, 0) is 21.0 Å². The first kappa shape index (κ1) is 10.7. The fourth-order valence-corrected chi connectivity index (χ4v) is 0.939. The maximum absolute atomic E-state index is 11.0. The van der Waals surface area contributed by atoms with E-state index in [2.05, 4.69) is 4.89 Å². The Labute approximate surface area is 82.0 Å². The first-order chi connectivity index (χ1) is 6.83. The quantitative estimate of drug-likeness (QED) is 0.441. The summed E-state index contributed by atoms with van der Waals surface area (Å²) in [5.41, 5.74) is 0.936. The highest BCUT2D eigenvalue weighted by atomic mass is 17.1. The summed E-state index contributed by atoms with van der Waals surface area (Å²) in [5, 5.41) is 7.99. The first-order valence-electron chi connectivity index (χ1n) is 4.29. The van der Waals surface area contributed by atoms with Gasteiger partial charge in [0.15, 0.2) is 0 Å². The van der Waals surface area contributed by atoms with Gasteiger partial charge in [-0.25, -0.2) is 4.89 Å². The van der Waals surface area contributed by atoms with Crippen molar-refractivity contribution in [1.82, 2.24) is 0 Å². The minimum atomic E-state index is -0.386. The van der Waals surface area contributed by atoms with Crippen molar-refractivity contribution in [2.45, 2.75) is 13.0 Å². The predicted octanol–water partition coefficient (Wildman–Crippen LogP) is 1.61. The smallest absolute Gasteiger partial charge is 0.308 e. The summed E-state index contributed by atoms with van der Waals surface area (Å²) in [7, 11) is 0. The third-order valence-electron chi connectivity index (χ3n) is 1.64. The molecule has 76 valence electrons. The lowest BCUT2D eigenvalue weighted by Gasteiger charge is -2.03. The van der Waals surface area contributed by atoms with E-state index >= 15 is 0 Å². The highest BCUT2D eigenvalue weighted by Gasteiger charge is 2.02. The van der Waals surface area contributed by atoms with Crippen molar-refractivity contribution in [3.8, 4) is 0 Å². The molecule has 0 spiro atoms. The number of hydrogen-bond acceptors (Lipinski definition) is 4. The van der Waals surface area contributed by atoms with E-state index in [0.717, 1.165) is 5.56 Å². The molecular weight excluding hydrogens is 184 g/mol. The van der Waals surface area contributed by atoms with Gasteiger partial charge in [0, 0.05) is 0 Å². The standard InChI is InChI=1S/C10H12O4/c11-10(6-7-14-12)13-8-9-4-2-1-3-5-9/h1-5,12H,6-8H2. The Morgan fingerprint density at radius 2 is 2.00 bits per heavy atom. The van der Waals surface area contributed by atoms with Crippen molar-refractivity contribution in [2.24, 2.45) is 0 Å². The lowest BCUT2D eigenvalue weighted by Crippen LogP contribution is -2.07. The number of carbonyl (C=O) groups is 1. The Morgan fingerprint density at radius 3 is 2.64 bits per heavy atom. The molecule has 0 aliphatic heterocycles. The number of rotatable bonds is 5. The second-order valence-electron chi connectivity index (χ2n) is 2.73. The molecule has 0 heterocycles. The van der Waals surface area contributed by atoms with Crippen LogP contribution in [0.1, 0.15) is 12.0 Å². The van der Waals surface area contributed by atoms with E-state index in [1.165, 1.54) is 0 Å². The normalized spacial score (nSPS) is 9.79. The van der Waals surface area contributed by atoms with Crippen LogP contribution in [-0.4, -0.2) is 17.8 Å². The SMILES string of the molecule is O=C(CCOO)OCc1ccccc1. The molecule has 0 aromatic heterocycles. The molecule has 0 aliphatic rings. The Kier molecular flexibility index (Phi) is 4.68. The van der Waals surface area contributed by atoms with Gasteiger partial charge in [0.25, 0.3) is 0 Å². The molecule has 0 unspecified atom stereocenters. The van der Waals surface area contributed by atoms with Crippen LogP contribution in [0.15, 0.2) is 30.3 Å². The number of esters is 1. The van der Waals surface area contributed by atoms with E-state index in [1.54, 1.807) is 0 Å². The van der Waals surface area contributed by atoms with Gasteiger partial charge in [0.2, 0.25) is 0 Å². The lowest BCUT2D eigenvalue weighted by atomic mass is 10.2. The maximum atomic E-state index is 11.0. The summed E-state index contributed by atoms with van der Waals surface area (Å²) in [6.45, 7) is 0.221. The van der Waals surface area contributed by atoms with Crippen molar-refractivity contribution in [2.75, 3.05) is 6.61 Å². The van der Waals surface area contributed by atoms with Gasteiger partial charge in [0.05, 0.1) is 13.0 Å². The molecule has 0 saturated carbocycles. The zero-order chi connectivity index (χ0) is 10.2. The number of hydrogen-bond donors (Lipinski definition) is 1. The average molecular weight is 196 g/mol. The summed E-state index contributed by atoms with van der Waals surface area (Å²) >= 11 is 0. The second-order valence-corrected chi connectivity index (χ2v) is 2.73. The minimum Gasteiger partial charge on any atom is -0.461 e. The predicted molar refractivity (Wildman–Crippen MR) is 49.4 cm³/mol. The zero-order valence-corrected chi connectivity index (χ0v) is 7.68. The average Bonchev–Trinajstić information content (AvgIpc) is 2.25. The van der Waals surface area contributed by atoms with Crippen LogP contribution in [0.3, 0.4) is 0 Å². The third-order valence-corrected chi connectivity index (χ3v) is 1.64. The van der Waals surface area contributed by atoms with Crippen LogP contribution in [0.25, 0.3) is 0 Å². The van der Waals surface area contributed by atoms with Gasteiger partial charge < -0.3 is 4.74 Å². The Hall–Kier alpha value is -1.39. The van der Waals surface area contributed by atoms with Crippen LogP contribution in [0.4, 0.5) is 0 Å². The molecule has 0 atom stereocenters. The topological polar surface area (TPSA) is 55.8 Å². The van der Waals surface area contributed by atoms with Gasteiger partial charge in [-0.2, -0.15) is 0 Å². The molecule has 1 aromatic rings. The highest BCUT2D eigenvalue weighted by Crippen LogP contribution is 2.01. The van der Waals surface area contributed by atoms with Crippen LogP contribution >= 0.6 is 0 Å². The molecule has 1 rings (SSSR count). The molecule has 14 heavy (non-hydrogen) atoms. The second kappa shape index (κ2) is 6.12. The van der Waals surface area contributed by atoms with Crippen LogP contribution < -0.4 is 0 Å². The fraction of sp³-hybridized carbons (Fsp3) is 0.300. The van der Waals surface area contributed by atoms with E-state index in [1.807, 2.05) is 30.3 Å². The molecule has 4 heteroatoms. The molecule has 0 aliphatic carbocycles. The van der Waals surface area contributed by atoms with E-state index in [-0.39, 0.29) is 25.6 Å². The van der Waals surface area contributed by atoms with Gasteiger partial charge in [-0.3, -0.25) is 10.1 Å². The van der Waals surface area contributed by atoms with Gasteiger partial charge in [0.1, 0.15) is 6.61 Å². The highest BCUT2D eigenvalue weighted by molar-refractivity contribution is 5.69. The fourth-order valence-electron chi connectivity index (χ4n) is 0.939. The molecule has 0 saturated heterocycles. The van der Waals surface area contributed by atoms with Crippen LogP contribution in [0.5, 0.6) is 0 Å². The van der Waals surface area contributed by atoms with Crippen LogP contribution in [0, 0.1) is 0 Å². The Balaban J connectivity index is 2.24. The summed E-state index contributed by atoms with van der Waals surface area (Å²) in [6.07, 6.45) is 0.0589. The van der Waals surface area contributed by atoms with Gasteiger partial charge >= 0.3 is 5.97 Å². The third kappa shape index (κ3) is 4.02. The maximum Gasteiger partial charge on any atom is 0.308 e. The van der Waals surface area contributed by atoms with Crippen LogP contribution in [0.2, 0.25) is 0 Å². The molecule has 0 fully saturated rings. The van der Waals surface area contributed by atoms with E-state index < -0.39 is 0 Å². The van der Waals surface area contributed by atoms with Gasteiger partial charge in [-0.05, 0) is 5.56 Å². The van der Waals surface area contributed by atoms with E-state index in [4.69, 9.17) is 9.99 Å². The van der Waals surface area contributed by atoms with Crippen molar-refractivity contribution in [3.63, 3.8) is 0 Å². The molecule has 1 aromatic carbocycles. The molecule has 0 radical (unpaired) electrons. The van der Waals surface area contributed by atoms with Crippen molar-refractivity contribution in [3.05, 3.63) is 35.9 Å². The van der Waals surface area contributed by atoms with Crippen molar-refractivity contribution in [1.29, 1.82) is 0 Å². The monoisotopic (exact) mass is 196 g/mol. The summed E-state index contributed by atoms with van der Waals surface area (Å²) in [6, 6.07) is 9.39. The van der Waals surface area contributed by atoms with Gasteiger partial charge in [-0.1, -0.05) is 30.3 Å². The molecule has 0 bridgehead atoms. The summed E-state index contributed by atoms with van der Waals surface area (Å²) in [4.78, 5) is 14.7. The van der Waals surface area contributed by atoms with E-state index in [0.29, 0.717) is 0 Å². The molecule has 1 N–H and O–H groups in total. The lowest BCUT2D eigenvalue weighted by molar-refractivity contribution is -0.243. The number of benzene rings is 1. The minimum absolute atomic E-state index is 0.0341. The van der Waals surface area contributed by atoms with E-state index in [9.17, 15) is 4.79 Å².